The van der Waals surface area contributed by atoms with Crippen LogP contribution in [0.4, 0.5) is 5.69 Å². The van der Waals surface area contributed by atoms with Crippen LogP contribution < -0.4 is 5.73 Å². The molecule has 2 rings (SSSR count). The molecule has 0 bridgehead atoms. The van der Waals surface area contributed by atoms with Crippen LogP contribution in [0.2, 0.25) is 0 Å². The van der Waals surface area contributed by atoms with Gasteiger partial charge in [-0.25, -0.2) is 8.42 Å². The third-order valence-corrected chi connectivity index (χ3v) is 7.28. The number of hydrogen-bond acceptors (Lipinski definition) is 3. The Hall–Kier alpha value is -0.110. The molecule has 106 valence electrons. The molecule has 0 radical (unpaired) electrons. The summed E-state index contributed by atoms with van der Waals surface area (Å²) in [6, 6.07) is 3.32. The minimum Gasteiger partial charge on any atom is -0.399 e. The van der Waals surface area contributed by atoms with Gasteiger partial charge in [0.05, 0.1) is 0 Å². The zero-order valence-electron chi connectivity index (χ0n) is 10.6. The van der Waals surface area contributed by atoms with E-state index in [4.69, 9.17) is 5.73 Å². The highest BCUT2D eigenvalue weighted by Crippen LogP contribution is 2.36. The third-order valence-electron chi connectivity index (χ3n) is 3.50. The second kappa shape index (κ2) is 5.71. The molecule has 0 saturated heterocycles. The highest BCUT2D eigenvalue weighted by molar-refractivity contribution is 9.11. The lowest BCUT2D eigenvalue weighted by Crippen LogP contribution is -2.35. The molecule has 1 aliphatic rings. The van der Waals surface area contributed by atoms with Gasteiger partial charge >= 0.3 is 0 Å². The molecule has 7 heteroatoms. The van der Waals surface area contributed by atoms with Crippen molar-refractivity contribution in [2.75, 3.05) is 12.8 Å². The van der Waals surface area contributed by atoms with Crippen LogP contribution in [-0.4, -0.2) is 25.8 Å². The van der Waals surface area contributed by atoms with Gasteiger partial charge in [-0.2, -0.15) is 4.31 Å². The molecule has 0 aliphatic heterocycles. The first-order valence-corrected chi connectivity index (χ1v) is 9.09. The van der Waals surface area contributed by atoms with Gasteiger partial charge in [-0.05, 0) is 56.8 Å². The minimum atomic E-state index is -3.52. The van der Waals surface area contributed by atoms with Crippen molar-refractivity contribution in [3.63, 3.8) is 0 Å². The van der Waals surface area contributed by atoms with Crippen LogP contribution in [0, 0.1) is 0 Å². The summed E-state index contributed by atoms with van der Waals surface area (Å²) >= 11 is 6.59. The number of halogens is 2. The van der Waals surface area contributed by atoms with Crippen LogP contribution in [0.3, 0.4) is 0 Å². The van der Waals surface area contributed by atoms with E-state index in [0.29, 0.717) is 14.6 Å². The van der Waals surface area contributed by atoms with E-state index in [2.05, 4.69) is 31.9 Å². The predicted molar refractivity (Wildman–Crippen MR) is 83.5 cm³/mol. The van der Waals surface area contributed by atoms with Crippen molar-refractivity contribution in [2.24, 2.45) is 0 Å². The molecule has 0 spiro atoms. The molecule has 0 atom stereocenters. The van der Waals surface area contributed by atoms with Crippen molar-refractivity contribution in [2.45, 2.75) is 36.6 Å². The van der Waals surface area contributed by atoms with Crippen LogP contribution in [0.25, 0.3) is 0 Å². The van der Waals surface area contributed by atoms with E-state index in [9.17, 15) is 8.42 Å². The number of benzene rings is 1. The van der Waals surface area contributed by atoms with Gasteiger partial charge in [0, 0.05) is 27.7 Å². The molecule has 0 aromatic heterocycles. The standard InChI is InChI=1S/C12H16Br2N2O2S/c1-16(9-4-2-3-5-9)19(17,18)12-10(13)6-8(15)7-11(12)14/h6-7,9H,2-5,15H2,1H3. The maximum atomic E-state index is 12.7. The molecule has 1 aromatic rings. The lowest BCUT2D eigenvalue weighted by Gasteiger charge is -2.24. The molecule has 1 saturated carbocycles. The van der Waals surface area contributed by atoms with Crippen LogP contribution in [0.15, 0.2) is 26.0 Å². The average molecular weight is 412 g/mol. The van der Waals surface area contributed by atoms with Gasteiger partial charge in [-0.3, -0.25) is 0 Å². The predicted octanol–water partition coefficient (Wildman–Crippen LogP) is 3.36. The highest BCUT2D eigenvalue weighted by Gasteiger charge is 2.32. The van der Waals surface area contributed by atoms with Crippen molar-refractivity contribution < 1.29 is 8.42 Å². The smallest absolute Gasteiger partial charge is 0.245 e. The molecule has 2 N–H and O–H groups in total. The normalized spacial score (nSPS) is 17.3. The fourth-order valence-electron chi connectivity index (χ4n) is 2.43. The Morgan fingerprint density at radius 1 is 1.21 bits per heavy atom. The molecule has 1 aliphatic carbocycles. The Bertz CT molecular complexity index is 560. The minimum absolute atomic E-state index is 0.0985. The molecule has 1 fully saturated rings. The Kier molecular flexibility index (Phi) is 4.59. The fraction of sp³-hybridized carbons (Fsp3) is 0.500. The second-order valence-corrected chi connectivity index (χ2v) is 8.42. The van der Waals surface area contributed by atoms with Crippen molar-refractivity contribution in [1.82, 2.24) is 4.31 Å². The number of hydrogen-bond donors (Lipinski definition) is 1. The Labute approximate surface area is 130 Å². The summed E-state index contributed by atoms with van der Waals surface area (Å²) in [4.78, 5) is 0.246. The average Bonchev–Trinajstić information content (AvgIpc) is 2.78. The highest BCUT2D eigenvalue weighted by atomic mass is 79.9. The van der Waals surface area contributed by atoms with Crippen molar-refractivity contribution in [3.8, 4) is 0 Å². The maximum absolute atomic E-state index is 12.7. The van der Waals surface area contributed by atoms with E-state index in [-0.39, 0.29) is 10.9 Å². The number of sulfonamides is 1. The molecule has 0 amide bonds. The van der Waals surface area contributed by atoms with Gasteiger partial charge < -0.3 is 5.73 Å². The monoisotopic (exact) mass is 410 g/mol. The second-order valence-electron chi connectivity index (χ2n) is 4.77. The van der Waals surface area contributed by atoms with Gasteiger partial charge in [0.1, 0.15) is 4.90 Å². The quantitative estimate of drug-likeness (QED) is 0.775. The topological polar surface area (TPSA) is 63.4 Å². The Morgan fingerprint density at radius 2 is 1.68 bits per heavy atom. The molecule has 19 heavy (non-hydrogen) atoms. The van der Waals surface area contributed by atoms with Gasteiger partial charge in [-0.1, -0.05) is 12.8 Å². The van der Waals surface area contributed by atoms with E-state index < -0.39 is 10.0 Å². The van der Waals surface area contributed by atoms with Gasteiger partial charge in [0.25, 0.3) is 0 Å². The Morgan fingerprint density at radius 3 is 2.16 bits per heavy atom. The van der Waals surface area contributed by atoms with Crippen LogP contribution in [-0.2, 0) is 10.0 Å². The van der Waals surface area contributed by atoms with Gasteiger partial charge in [-0.15, -0.1) is 0 Å². The number of rotatable bonds is 3. The number of nitrogens with zero attached hydrogens (tertiary/aromatic N) is 1. The van der Waals surface area contributed by atoms with Crippen LogP contribution in [0.5, 0.6) is 0 Å². The van der Waals surface area contributed by atoms with E-state index >= 15 is 0 Å². The molecule has 0 unspecified atom stereocenters. The zero-order valence-corrected chi connectivity index (χ0v) is 14.6. The first kappa shape index (κ1) is 15.3. The number of nitrogens with two attached hydrogens (primary N) is 1. The SMILES string of the molecule is CN(C1CCCC1)S(=O)(=O)c1c(Br)cc(N)cc1Br. The van der Waals surface area contributed by atoms with Gasteiger partial charge in [0.15, 0.2) is 0 Å². The fourth-order valence-corrected chi connectivity index (χ4v) is 6.39. The van der Waals surface area contributed by atoms with E-state index in [1.165, 1.54) is 4.31 Å². The largest absolute Gasteiger partial charge is 0.399 e. The summed E-state index contributed by atoms with van der Waals surface area (Å²) < 4.78 is 27.9. The first-order chi connectivity index (χ1) is 8.84. The van der Waals surface area contributed by atoms with E-state index in [1.807, 2.05) is 0 Å². The summed E-state index contributed by atoms with van der Waals surface area (Å²) in [5.41, 5.74) is 6.22. The lowest BCUT2D eigenvalue weighted by atomic mass is 10.3. The zero-order chi connectivity index (χ0) is 14.2. The van der Waals surface area contributed by atoms with E-state index in [0.717, 1.165) is 25.7 Å². The van der Waals surface area contributed by atoms with Crippen molar-refractivity contribution in [3.05, 3.63) is 21.1 Å². The van der Waals surface area contributed by atoms with Crippen LogP contribution >= 0.6 is 31.9 Å². The molecular formula is C12H16Br2N2O2S. The summed E-state index contributed by atoms with van der Waals surface area (Å²) in [6.45, 7) is 0. The van der Waals surface area contributed by atoms with Crippen LogP contribution in [0.1, 0.15) is 25.7 Å². The third kappa shape index (κ3) is 2.99. The Balaban J connectivity index is 2.44. The summed E-state index contributed by atoms with van der Waals surface area (Å²) in [6.07, 6.45) is 4.04. The number of nitrogen functional groups attached to an aromatic ring is 1. The maximum Gasteiger partial charge on any atom is 0.245 e. The van der Waals surface area contributed by atoms with Crippen molar-refractivity contribution in [1.29, 1.82) is 0 Å². The molecule has 0 heterocycles. The summed E-state index contributed by atoms with van der Waals surface area (Å²) in [5, 5.41) is 0. The summed E-state index contributed by atoms with van der Waals surface area (Å²) in [5.74, 6) is 0. The van der Waals surface area contributed by atoms with Crippen molar-refractivity contribution >= 4 is 47.6 Å². The molecule has 1 aromatic carbocycles. The first-order valence-electron chi connectivity index (χ1n) is 6.06. The molecule has 4 nitrogen and oxygen atoms in total. The summed E-state index contributed by atoms with van der Waals surface area (Å²) in [7, 11) is -1.86. The van der Waals surface area contributed by atoms with Gasteiger partial charge in [0.2, 0.25) is 10.0 Å². The van der Waals surface area contributed by atoms with E-state index in [1.54, 1.807) is 19.2 Å². The number of anilines is 1. The lowest BCUT2D eigenvalue weighted by molar-refractivity contribution is 0.372. The molecular weight excluding hydrogens is 396 g/mol.